The molecule has 2 aromatic rings. The third kappa shape index (κ3) is 2.82. The summed E-state index contributed by atoms with van der Waals surface area (Å²) in [5, 5.41) is 10.9. The van der Waals surface area contributed by atoms with Crippen LogP contribution in [0, 0.1) is 6.92 Å². The van der Waals surface area contributed by atoms with E-state index < -0.39 is 5.97 Å². The molecule has 0 saturated heterocycles. The summed E-state index contributed by atoms with van der Waals surface area (Å²) in [5.41, 5.74) is 3.59. The van der Waals surface area contributed by atoms with Crippen LogP contribution in [0.1, 0.15) is 21.6 Å². The van der Waals surface area contributed by atoms with Gasteiger partial charge in [-0.2, -0.15) is 0 Å². The third-order valence-corrected chi connectivity index (χ3v) is 2.86. The molecule has 0 bridgehead atoms. The Balaban J connectivity index is 2.17. The van der Waals surface area contributed by atoms with Crippen molar-refractivity contribution in [3.8, 4) is 5.75 Å². The Hall–Kier alpha value is -1.88. The minimum absolute atomic E-state index is 0.181. The Morgan fingerprint density at radius 3 is 3.00 bits per heavy atom. The number of aromatic nitrogens is 1. The molecular weight excluding hydrogens is 238 g/mol. The molecule has 4 nitrogen and oxygen atoms in total. The molecule has 0 radical (unpaired) electrons. The van der Waals surface area contributed by atoms with E-state index in [9.17, 15) is 4.79 Å². The lowest BCUT2D eigenvalue weighted by Gasteiger charge is -2.08. The third-order valence-electron chi connectivity index (χ3n) is 2.22. The molecule has 0 aliphatic rings. The number of hydrogen-bond acceptors (Lipinski definition) is 4. The fourth-order valence-electron chi connectivity index (χ4n) is 1.40. The topological polar surface area (TPSA) is 59.4 Å². The number of thiazole rings is 1. The standard InChI is InChI=1S/C12H11NO3S/c1-8-2-3-11(10(4-8)12(14)15)16-5-9-6-17-7-13-9/h2-4,6-7H,5H2,1H3,(H,14,15). The van der Waals surface area contributed by atoms with Crippen LogP contribution in [-0.2, 0) is 6.61 Å². The van der Waals surface area contributed by atoms with Gasteiger partial charge in [0.2, 0.25) is 0 Å². The second kappa shape index (κ2) is 4.97. The van der Waals surface area contributed by atoms with Gasteiger partial charge in [-0.15, -0.1) is 11.3 Å². The highest BCUT2D eigenvalue weighted by molar-refractivity contribution is 7.07. The van der Waals surface area contributed by atoms with Crippen LogP contribution in [0.15, 0.2) is 29.1 Å². The Bertz CT molecular complexity index is 523. The van der Waals surface area contributed by atoms with Gasteiger partial charge in [0.15, 0.2) is 0 Å². The number of carbonyl (C=O) groups is 1. The lowest BCUT2D eigenvalue weighted by atomic mass is 10.1. The van der Waals surface area contributed by atoms with E-state index in [4.69, 9.17) is 9.84 Å². The molecule has 17 heavy (non-hydrogen) atoms. The largest absolute Gasteiger partial charge is 0.486 e. The molecule has 0 aliphatic heterocycles. The number of rotatable bonds is 4. The SMILES string of the molecule is Cc1ccc(OCc2cscn2)c(C(=O)O)c1. The normalized spacial score (nSPS) is 10.2. The lowest BCUT2D eigenvalue weighted by Crippen LogP contribution is -2.04. The van der Waals surface area contributed by atoms with Crippen molar-refractivity contribution in [3.05, 3.63) is 45.9 Å². The second-order valence-corrected chi connectivity index (χ2v) is 4.29. The van der Waals surface area contributed by atoms with Gasteiger partial charge in [-0.25, -0.2) is 9.78 Å². The van der Waals surface area contributed by atoms with E-state index >= 15 is 0 Å². The zero-order chi connectivity index (χ0) is 12.3. The van der Waals surface area contributed by atoms with Crippen molar-refractivity contribution in [3.63, 3.8) is 0 Å². The molecule has 2 rings (SSSR count). The van der Waals surface area contributed by atoms with Gasteiger partial charge in [0.25, 0.3) is 0 Å². The van der Waals surface area contributed by atoms with Crippen LogP contribution >= 0.6 is 11.3 Å². The molecule has 0 aliphatic carbocycles. The number of benzene rings is 1. The summed E-state index contributed by atoms with van der Waals surface area (Å²) >= 11 is 1.48. The number of carboxylic acids is 1. The summed E-state index contributed by atoms with van der Waals surface area (Å²) in [4.78, 5) is 15.1. The zero-order valence-corrected chi connectivity index (χ0v) is 10.0. The Labute approximate surface area is 103 Å². The average Bonchev–Trinajstić information content (AvgIpc) is 2.80. The van der Waals surface area contributed by atoms with Gasteiger partial charge in [-0.3, -0.25) is 0 Å². The van der Waals surface area contributed by atoms with Crippen LogP contribution in [0.5, 0.6) is 5.75 Å². The van der Waals surface area contributed by atoms with E-state index in [0.29, 0.717) is 5.75 Å². The molecule has 0 unspecified atom stereocenters. The maximum absolute atomic E-state index is 11.0. The molecule has 1 aromatic carbocycles. The highest BCUT2D eigenvalue weighted by Crippen LogP contribution is 2.21. The molecule has 0 saturated carbocycles. The average molecular weight is 249 g/mol. The van der Waals surface area contributed by atoms with Crippen LogP contribution < -0.4 is 4.74 Å². The zero-order valence-electron chi connectivity index (χ0n) is 9.21. The van der Waals surface area contributed by atoms with E-state index in [-0.39, 0.29) is 12.2 Å². The molecule has 0 fully saturated rings. The van der Waals surface area contributed by atoms with E-state index in [2.05, 4.69) is 4.98 Å². The fourth-order valence-corrected chi connectivity index (χ4v) is 1.94. The molecule has 0 spiro atoms. The first-order valence-corrected chi connectivity index (χ1v) is 5.95. The molecule has 0 amide bonds. The first-order chi connectivity index (χ1) is 8.16. The number of aryl methyl sites for hydroxylation is 1. The minimum atomic E-state index is -0.984. The second-order valence-electron chi connectivity index (χ2n) is 3.57. The van der Waals surface area contributed by atoms with Crippen LogP contribution in [0.25, 0.3) is 0 Å². The van der Waals surface area contributed by atoms with Gasteiger partial charge >= 0.3 is 5.97 Å². The van der Waals surface area contributed by atoms with Crippen LogP contribution in [0.2, 0.25) is 0 Å². The molecule has 1 N–H and O–H groups in total. The van der Waals surface area contributed by atoms with Gasteiger partial charge in [0, 0.05) is 5.38 Å². The van der Waals surface area contributed by atoms with Gasteiger partial charge in [0.05, 0.1) is 11.2 Å². The van der Waals surface area contributed by atoms with Crippen LogP contribution in [-0.4, -0.2) is 16.1 Å². The van der Waals surface area contributed by atoms with Crippen molar-refractivity contribution < 1.29 is 14.6 Å². The predicted octanol–water partition coefficient (Wildman–Crippen LogP) is 2.73. The van der Waals surface area contributed by atoms with E-state index in [1.807, 2.05) is 18.4 Å². The van der Waals surface area contributed by atoms with Crippen LogP contribution in [0.3, 0.4) is 0 Å². The first-order valence-electron chi connectivity index (χ1n) is 5.00. The van der Waals surface area contributed by atoms with Crippen molar-refractivity contribution >= 4 is 17.3 Å². The molecule has 1 aromatic heterocycles. The summed E-state index contributed by atoms with van der Waals surface area (Å²) < 4.78 is 5.46. The first kappa shape index (κ1) is 11.6. The van der Waals surface area contributed by atoms with E-state index in [1.165, 1.54) is 11.3 Å². The molecule has 0 atom stereocenters. The summed E-state index contributed by atoms with van der Waals surface area (Å²) in [7, 11) is 0. The smallest absolute Gasteiger partial charge is 0.339 e. The number of ether oxygens (including phenoxy) is 1. The monoisotopic (exact) mass is 249 g/mol. The van der Waals surface area contributed by atoms with Crippen molar-refractivity contribution in [2.24, 2.45) is 0 Å². The molecular formula is C12H11NO3S. The van der Waals surface area contributed by atoms with Crippen molar-refractivity contribution in [2.75, 3.05) is 0 Å². The maximum Gasteiger partial charge on any atom is 0.339 e. The lowest BCUT2D eigenvalue weighted by molar-refractivity contribution is 0.0691. The highest BCUT2D eigenvalue weighted by atomic mass is 32.1. The quantitative estimate of drug-likeness (QED) is 0.905. The fraction of sp³-hybridized carbons (Fsp3) is 0.167. The van der Waals surface area contributed by atoms with Crippen molar-refractivity contribution in [2.45, 2.75) is 13.5 Å². The molecule has 1 heterocycles. The van der Waals surface area contributed by atoms with E-state index in [0.717, 1.165) is 11.3 Å². The summed E-state index contributed by atoms with van der Waals surface area (Å²) in [6, 6.07) is 5.09. The van der Waals surface area contributed by atoms with E-state index in [1.54, 1.807) is 17.6 Å². The highest BCUT2D eigenvalue weighted by Gasteiger charge is 2.11. The minimum Gasteiger partial charge on any atom is -0.486 e. The number of nitrogens with zero attached hydrogens (tertiary/aromatic N) is 1. The molecule has 88 valence electrons. The van der Waals surface area contributed by atoms with Crippen molar-refractivity contribution in [1.82, 2.24) is 4.98 Å². The van der Waals surface area contributed by atoms with Gasteiger partial charge in [-0.05, 0) is 19.1 Å². The van der Waals surface area contributed by atoms with Gasteiger partial charge in [0.1, 0.15) is 17.9 Å². The summed E-state index contributed by atoms with van der Waals surface area (Å²) in [6.45, 7) is 2.13. The number of hydrogen-bond donors (Lipinski definition) is 1. The Kier molecular flexibility index (Phi) is 3.39. The number of aromatic carboxylic acids is 1. The Morgan fingerprint density at radius 1 is 1.53 bits per heavy atom. The van der Waals surface area contributed by atoms with Crippen LogP contribution in [0.4, 0.5) is 0 Å². The predicted molar refractivity (Wildman–Crippen MR) is 64.6 cm³/mol. The maximum atomic E-state index is 11.0. The van der Waals surface area contributed by atoms with Gasteiger partial charge in [-0.1, -0.05) is 11.6 Å². The summed E-state index contributed by atoms with van der Waals surface area (Å²) in [5.74, 6) is -0.613. The summed E-state index contributed by atoms with van der Waals surface area (Å²) in [6.07, 6.45) is 0. The molecule has 5 heteroatoms. The van der Waals surface area contributed by atoms with Gasteiger partial charge < -0.3 is 9.84 Å². The number of carboxylic acid groups (broad SMARTS) is 1. The van der Waals surface area contributed by atoms with Crippen molar-refractivity contribution in [1.29, 1.82) is 0 Å². The Morgan fingerprint density at radius 2 is 2.35 bits per heavy atom.